The summed E-state index contributed by atoms with van der Waals surface area (Å²) in [5.41, 5.74) is -0.481. The van der Waals surface area contributed by atoms with Crippen molar-refractivity contribution in [3.05, 3.63) is 11.1 Å². The molecule has 3 N–H and O–H groups in total. The highest BCUT2D eigenvalue weighted by Gasteiger charge is 2.23. The van der Waals surface area contributed by atoms with E-state index in [1.807, 2.05) is 20.8 Å². The van der Waals surface area contributed by atoms with Crippen LogP contribution in [-0.4, -0.2) is 41.3 Å². The van der Waals surface area contributed by atoms with Crippen molar-refractivity contribution in [1.82, 2.24) is 10.3 Å². The van der Waals surface area contributed by atoms with E-state index in [2.05, 4.69) is 15.6 Å². The molecule has 0 bridgehead atoms. The van der Waals surface area contributed by atoms with E-state index in [9.17, 15) is 4.79 Å². The van der Waals surface area contributed by atoms with E-state index in [0.717, 1.165) is 10.0 Å². The maximum Gasteiger partial charge on any atom is 0.323 e. The maximum atomic E-state index is 11.9. The van der Waals surface area contributed by atoms with Crippen LogP contribution < -0.4 is 10.6 Å². The summed E-state index contributed by atoms with van der Waals surface area (Å²) in [4.78, 5) is 16.9. The minimum atomic E-state index is -0.481. The van der Waals surface area contributed by atoms with Gasteiger partial charge in [0.25, 0.3) is 0 Å². The Bertz CT molecular complexity index is 429. The second-order valence-corrected chi connectivity index (χ2v) is 6.50. The molecule has 7 heteroatoms. The summed E-state index contributed by atoms with van der Waals surface area (Å²) in [6, 6.07) is -0.348. The van der Waals surface area contributed by atoms with Gasteiger partial charge in [0.15, 0.2) is 5.13 Å². The Morgan fingerprint density at radius 3 is 2.75 bits per heavy atom. The highest BCUT2D eigenvalue weighted by molar-refractivity contribution is 7.15. The third-order valence-corrected chi connectivity index (χ3v) is 3.40. The summed E-state index contributed by atoms with van der Waals surface area (Å²) >= 11 is 1.40. The lowest BCUT2D eigenvalue weighted by Crippen LogP contribution is -2.40. The van der Waals surface area contributed by atoms with E-state index in [1.165, 1.54) is 11.3 Å². The molecule has 0 radical (unpaired) electrons. The molecule has 1 heterocycles. The van der Waals surface area contributed by atoms with Gasteiger partial charge in [0, 0.05) is 12.7 Å². The lowest BCUT2D eigenvalue weighted by Gasteiger charge is -2.23. The van der Waals surface area contributed by atoms with E-state index in [1.54, 1.807) is 13.2 Å². The van der Waals surface area contributed by atoms with Crippen LogP contribution in [-0.2, 0) is 16.1 Å². The lowest BCUT2D eigenvalue weighted by atomic mass is 10.1. The van der Waals surface area contributed by atoms with Crippen molar-refractivity contribution >= 4 is 22.4 Å². The van der Waals surface area contributed by atoms with Crippen molar-refractivity contribution in [2.24, 2.45) is 0 Å². The van der Waals surface area contributed by atoms with Crippen LogP contribution in [0.2, 0.25) is 0 Å². The number of aliphatic hydroxyl groups excluding tert-OH is 1. The quantitative estimate of drug-likeness (QED) is 0.660. The zero-order valence-corrected chi connectivity index (χ0v) is 13.2. The zero-order valence-electron chi connectivity index (χ0n) is 12.4. The fourth-order valence-electron chi connectivity index (χ4n) is 1.54. The van der Waals surface area contributed by atoms with Crippen LogP contribution in [0.5, 0.6) is 0 Å². The summed E-state index contributed by atoms with van der Waals surface area (Å²) < 4.78 is 5.34. The van der Waals surface area contributed by atoms with E-state index in [0.29, 0.717) is 13.0 Å². The lowest BCUT2D eigenvalue weighted by molar-refractivity contribution is -0.157. The van der Waals surface area contributed by atoms with Gasteiger partial charge in [0.2, 0.25) is 0 Å². The van der Waals surface area contributed by atoms with Crippen LogP contribution >= 0.6 is 11.3 Å². The number of carbonyl (C=O) groups excluding carboxylic acids is 1. The van der Waals surface area contributed by atoms with Gasteiger partial charge in [-0.25, -0.2) is 4.98 Å². The smallest absolute Gasteiger partial charge is 0.323 e. The third-order valence-electron chi connectivity index (χ3n) is 2.46. The van der Waals surface area contributed by atoms with Gasteiger partial charge in [-0.2, -0.15) is 0 Å². The average Bonchev–Trinajstić information content (AvgIpc) is 2.80. The SMILES string of the molecule is CN[C@@H](CCNc1ncc(CO)s1)C(=O)OC(C)(C)C. The van der Waals surface area contributed by atoms with Crippen LogP contribution in [0, 0.1) is 0 Å². The molecule has 1 aromatic heterocycles. The highest BCUT2D eigenvalue weighted by atomic mass is 32.1. The Hall–Kier alpha value is -1.18. The maximum absolute atomic E-state index is 11.9. The average molecular weight is 301 g/mol. The number of nitrogens with one attached hydrogen (secondary N) is 2. The number of likely N-dealkylation sites (N-methyl/N-ethyl adjacent to an activating group) is 1. The van der Waals surface area contributed by atoms with Gasteiger partial charge in [-0.05, 0) is 34.2 Å². The van der Waals surface area contributed by atoms with Crippen molar-refractivity contribution < 1.29 is 14.6 Å². The molecule has 1 aromatic rings. The van der Waals surface area contributed by atoms with Crippen LogP contribution in [0.4, 0.5) is 5.13 Å². The molecule has 6 nitrogen and oxygen atoms in total. The number of aliphatic hydroxyl groups is 1. The topological polar surface area (TPSA) is 83.5 Å². The molecule has 0 aliphatic carbocycles. The number of thiazole rings is 1. The van der Waals surface area contributed by atoms with Gasteiger partial charge < -0.3 is 20.5 Å². The van der Waals surface area contributed by atoms with Gasteiger partial charge in [-0.15, -0.1) is 0 Å². The molecule has 0 unspecified atom stereocenters. The molecular formula is C13H23N3O3S. The molecule has 0 spiro atoms. The molecule has 0 saturated carbocycles. The number of aromatic nitrogens is 1. The predicted octanol–water partition coefficient (Wildman–Crippen LogP) is 1.37. The first-order chi connectivity index (χ1) is 9.35. The highest BCUT2D eigenvalue weighted by Crippen LogP contribution is 2.17. The van der Waals surface area contributed by atoms with Crippen molar-refractivity contribution in [1.29, 1.82) is 0 Å². The molecular weight excluding hydrogens is 278 g/mol. The van der Waals surface area contributed by atoms with Gasteiger partial charge in [-0.3, -0.25) is 4.79 Å². The fraction of sp³-hybridized carbons (Fsp3) is 0.692. The van der Waals surface area contributed by atoms with Gasteiger partial charge in [-0.1, -0.05) is 11.3 Å². The summed E-state index contributed by atoms with van der Waals surface area (Å²) in [5, 5.41) is 15.8. The number of ether oxygens (including phenoxy) is 1. The van der Waals surface area contributed by atoms with Crippen molar-refractivity contribution in [3.8, 4) is 0 Å². The summed E-state index contributed by atoms with van der Waals surface area (Å²) in [6.07, 6.45) is 2.23. The molecule has 114 valence electrons. The van der Waals surface area contributed by atoms with E-state index in [-0.39, 0.29) is 18.6 Å². The van der Waals surface area contributed by atoms with Crippen LogP contribution in [0.1, 0.15) is 32.1 Å². The number of anilines is 1. The molecule has 1 atom stereocenters. The van der Waals surface area contributed by atoms with Crippen molar-refractivity contribution in [3.63, 3.8) is 0 Å². The number of rotatable bonds is 7. The van der Waals surface area contributed by atoms with Crippen LogP contribution in [0.3, 0.4) is 0 Å². The zero-order chi connectivity index (χ0) is 15.2. The molecule has 0 amide bonds. The van der Waals surface area contributed by atoms with Gasteiger partial charge >= 0.3 is 5.97 Å². The fourth-order valence-corrected chi connectivity index (χ4v) is 2.24. The Morgan fingerprint density at radius 2 is 2.25 bits per heavy atom. The number of nitrogens with zero attached hydrogens (tertiary/aromatic N) is 1. The Morgan fingerprint density at radius 1 is 1.55 bits per heavy atom. The largest absolute Gasteiger partial charge is 0.459 e. The van der Waals surface area contributed by atoms with Gasteiger partial charge in [0.1, 0.15) is 11.6 Å². The Balaban J connectivity index is 2.39. The predicted molar refractivity (Wildman–Crippen MR) is 79.8 cm³/mol. The summed E-state index contributed by atoms with van der Waals surface area (Å²) in [6.45, 7) is 6.14. The first-order valence-electron chi connectivity index (χ1n) is 6.55. The third kappa shape index (κ3) is 5.85. The first-order valence-corrected chi connectivity index (χ1v) is 7.37. The molecule has 0 aliphatic heterocycles. The van der Waals surface area contributed by atoms with E-state index < -0.39 is 5.60 Å². The first kappa shape index (κ1) is 16.9. The number of hydrogen-bond donors (Lipinski definition) is 3. The van der Waals surface area contributed by atoms with Gasteiger partial charge in [0.05, 0.1) is 11.5 Å². The monoisotopic (exact) mass is 301 g/mol. The normalized spacial score (nSPS) is 13.1. The number of esters is 1. The minimum absolute atomic E-state index is 0.00358. The molecule has 1 rings (SSSR count). The molecule has 0 aromatic carbocycles. The van der Waals surface area contributed by atoms with Crippen molar-refractivity contribution in [2.45, 2.75) is 45.4 Å². The molecule has 20 heavy (non-hydrogen) atoms. The second-order valence-electron chi connectivity index (χ2n) is 5.38. The minimum Gasteiger partial charge on any atom is -0.459 e. The molecule has 0 fully saturated rings. The summed E-state index contributed by atoms with van der Waals surface area (Å²) in [5.74, 6) is -0.253. The van der Waals surface area contributed by atoms with Crippen LogP contribution in [0.25, 0.3) is 0 Å². The molecule has 0 aliphatic rings. The second kappa shape index (κ2) is 7.56. The van der Waals surface area contributed by atoms with E-state index >= 15 is 0 Å². The molecule has 0 saturated heterocycles. The van der Waals surface area contributed by atoms with Crippen LogP contribution in [0.15, 0.2) is 6.20 Å². The standard InChI is InChI=1S/C13H23N3O3S/c1-13(2,3)19-11(18)10(14-4)5-6-15-12-16-7-9(8-17)20-12/h7,10,14,17H,5-6,8H2,1-4H3,(H,15,16)/t10-/m0/s1. The van der Waals surface area contributed by atoms with Crippen molar-refractivity contribution in [2.75, 3.05) is 18.9 Å². The summed E-state index contributed by atoms with van der Waals surface area (Å²) in [7, 11) is 1.74. The Labute approximate surface area is 123 Å². The Kier molecular flexibility index (Phi) is 6.38. The number of carbonyl (C=O) groups is 1. The van der Waals surface area contributed by atoms with E-state index in [4.69, 9.17) is 9.84 Å². The number of hydrogen-bond acceptors (Lipinski definition) is 7.